The Bertz CT molecular complexity index is 424. The van der Waals surface area contributed by atoms with Crippen LogP contribution in [0.25, 0.3) is 0 Å². The van der Waals surface area contributed by atoms with Gasteiger partial charge in [0.1, 0.15) is 0 Å². The van der Waals surface area contributed by atoms with Crippen LogP contribution < -0.4 is 5.32 Å². The molecule has 0 radical (unpaired) electrons. The molecule has 0 amide bonds. The summed E-state index contributed by atoms with van der Waals surface area (Å²) in [5, 5.41) is 13.3. The molecule has 1 aromatic carbocycles. The van der Waals surface area contributed by atoms with Crippen molar-refractivity contribution >= 4 is 11.4 Å². The van der Waals surface area contributed by atoms with E-state index < -0.39 is 17.0 Å². The molecule has 0 aromatic heterocycles. The van der Waals surface area contributed by atoms with Crippen molar-refractivity contribution < 1.29 is 18.8 Å². The fourth-order valence-corrected chi connectivity index (χ4v) is 1.55. The van der Waals surface area contributed by atoms with Crippen LogP contribution in [0.3, 0.4) is 0 Å². The Morgan fingerprint density at radius 2 is 2.00 bits per heavy atom. The Kier molecular flexibility index (Phi) is 4.99. The van der Waals surface area contributed by atoms with E-state index in [2.05, 4.69) is 5.32 Å². The third-order valence-electron chi connectivity index (χ3n) is 2.42. The molecule has 0 fully saturated rings. The van der Waals surface area contributed by atoms with Gasteiger partial charge in [-0.25, -0.2) is 4.39 Å². The van der Waals surface area contributed by atoms with E-state index in [1.54, 1.807) is 6.92 Å². The second-order valence-electron chi connectivity index (χ2n) is 3.69. The summed E-state index contributed by atoms with van der Waals surface area (Å²) in [5.41, 5.74) is -0.132. The zero-order chi connectivity index (χ0) is 13.7. The van der Waals surface area contributed by atoms with E-state index in [9.17, 15) is 14.5 Å². The number of nitro groups is 1. The van der Waals surface area contributed by atoms with E-state index in [1.807, 2.05) is 0 Å². The van der Waals surface area contributed by atoms with Gasteiger partial charge in [-0.05, 0) is 13.0 Å². The van der Waals surface area contributed by atoms with E-state index in [-0.39, 0.29) is 17.4 Å². The summed E-state index contributed by atoms with van der Waals surface area (Å²) in [6.07, 6.45) is -0.542. The normalized spacial score (nSPS) is 12.5. The van der Waals surface area contributed by atoms with Gasteiger partial charge in [0.25, 0.3) is 5.69 Å². The number of rotatable bonds is 6. The third kappa shape index (κ3) is 3.38. The summed E-state index contributed by atoms with van der Waals surface area (Å²) in [6.45, 7) is 1.75. The number of anilines is 1. The summed E-state index contributed by atoms with van der Waals surface area (Å²) < 4.78 is 23.6. The molecule has 1 N–H and O–H groups in total. The molecule has 1 rings (SSSR count). The number of hydrogen-bond acceptors (Lipinski definition) is 5. The van der Waals surface area contributed by atoms with Crippen LogP contribution >= 0.6 is 0 Å². The van der Waals surface area contributed by atoms with Gasteiger partial charge in [0.05, 0.1) is 22.7 Å². The summed E-state index contributed by atoms with van der Waals surface area (Å²) >= 11 is 0. The second-order valence-corrected chi connectivity index (χ2v) is 3.69. The monoisotopic (exact) mass is 258 g/mol. The van der Waals surface area contributed by atoms with Gasteiger partial charge in [-0.1, -0.05) is 0 Å². The van der Waals surface area contributed by atoms with Crippen molar-refractivity contribution in [3.05, 3.63) is 34.1 Å². The number of methoxy groups -OCH3 is 2. The minimum absolute atomic E-state index is 0.159. The van der Waals surface area contributed by atoms with Crippen LogP contribution in [0.1, 0.15) is 6.92 Å². The van der Waals surface area contributed by atoms with Gasteiger partial charge in [-0.3, -0.25) is 10.1 Å². The standard InChI is InChI=1S/C11H15FN2O4/c1-7(11(17-2)18-3)13-10-5-4-8(14(15)16)6-9(10)12/h4-7,11,13H,1-3H3. The number of nitrogens with zero attached hydrogens (tertiary/aromatic N) is 1. The maximum absolute atomic E-state index is 13.6. The highest BCUT2D eigenvalue weighted by Gasteiger charge is 2.18. The number of halogens is 1. The minimum atomic E-state index is -0.693. The van der Waals surface area contributed by atoms with Crippen molar-refractivity contribution in [1.29, 1.82) is 0 Å². The first kappa shape index (κ1) is 14.3. The average molecular weight is 258 g/mol. The number of ether oxygens (including phenoxy) is 2. The smallest absolute Gasteiger partial charge is 0.272 e. The molecule has 7 heteroatoms. The van der Waals surface area contributed by atoms with Crippen molar-refractivity contribution in [2.45, 2.75) is 19.3 Å². The maximum Gasteiger partial charge on any atom is 0.272 e. The largest absolute Gasteiger partial charge is 0.375 e. The summed E-state index contributed by atoms with van der Waals surface area (Å²) in [6, 6.07) is 3.10. The lowest BCUT2D eigenvalue weighted by Crippen LogP contribution is -2.34. The van der Waals surface area contributed by atoms with Crippen LogP contribution in [-0.2, 0) is 9.47 Å². The highest BCUT2D eigenvalue weighted by molar-refractivity contribution is 5.50. The van der Waals surface area contributed by atoms with Gasteiger partial charge < -0.3 is 14.8 Å². The number of benzene rings is 1. The lowest BCUT2D eigenvalue weighted by atomic mass is 10.2. The van der Waals surface area contributed by atoms with Gasteiger partial charge in [0.15, 0.2) is 12.1 Å². The molecule has 1 atom stereocenters. The van der Waals surface area contributed by atoms with Gasteiger partial charge >= 0.3 is 0 Å². The van der Waals surface area contributed by atoms with Crippen LogP contribution in [0, 0.1) is 15.9 Å². The van der Waals surface area contributed by atoms with Crippen LogP contribution in [-0.4, -0.2) is 31.5 Å². The topological polar surface area (TPSA) is 73.6 Å². The molecule has 0 saturated heterocycles. The molecule has 0 bridgehead atoms. The molecule has 1 aromatic rings. The summed E-state index contributed by atoms with van der Waals surface area (Å²) in [7, 11) is 2.94. The van der Waals surface area contributed by atoms with Crippen molar-refractivity contribution in [1.82, 2.24) is 0 Å². The van der Waals surface area contributed by atoms with Crippen molar-refractivity contribution in [2.24, 2.45) is 0 Å². The molecule has 0 aliphatic rings. The SMILES string of the molecule is COC(OC)C(C)Nc1ccc([N+](=O)[O-])cc1F. The van der Waals surface area contributed by atoms with Crippen molar-refractivity contribution in [3.63, 3.8) is 0 Å². The maximum atomic E-state index is 13.6. The fraction of sp³-hybridized carbons (Fsp3) is 0.455. The highest BCUT2D eigenvalue weighted by Crippen LogP contribution is 2.21. The Morgan fingerprint density at radius 3 is 2.44 bits per heavy atom. The predicted octanol–water partition coefficient (Wildman–Crippen LogP) is 2.15. The third-order valence-corrected chi connectivity index (χ3v) is 2.42. The Balaban J connectivity index is 2.82. The number of hydrogen-bond donors (Lipinski definition) is 1. The molecule has 0 aliphatic carbocycles. The molecular formula is C11H15FN2O4. The van der Waals surface area contributed by atoms with Gasteiger partial charge in [0, 0.05) is 20.3 Å². The number of nitro benzene ring substituents is 1. The lowest BCUT2D eigenvalue weighted by Gasteiger charge is -2.23. The van der Waals surface area contributed by atoms with E-state index >= 15 is 0 Å². The van der Waals surface area contributed by atoms with Crippen LogP contribution in [0.15, 0.2) is 18.2 Å². The van der Waals surface area contributed by atoms with Gasteiger partial charge in [0.2, 0.25) is 0 Å². The van der Waals surface area contributed by atoms with Crippen molar-refractivity contribution in [3.8, 4) is 0 Å². The van der Waals surface area contributed by atoms with Gasteiger partial charge in [-0.15, -0.1) is 0 Å². The predicted molar refractivity (Wildman–Crippen MR) is 63.9 cm³/mol. The van der Waals surface area contributed by atoms with E-state index in [0.717, 1.165) is 6.07 Å². The van der Waals surface area contributed by atoms with Crippen LogP contribution in [0.4, 0.5) is 15.8 Å². The number of nitrogens with one attached hydrogen (secondary N) is 1. The Morgan fingerprint density at radius 1 is 1.39 bits per heavy atom. The van der Waals surface area contributed by atoms with Crippen molar-refractivity contribution in [2.75, 3.05) is 19.5 Å². The lowest BCUT2D eigenvalue weighted by molar-refractivity contribution is -0.385. The second kappa shape index (κ2) is 6.27. The zero-order valence-electron chi connectivity index (χ0n) is 10.3. The Labute approximate surface area is 104 Å². The van der Waals surface area contributed by atoms with E-state index in [4.69, 9.17) is 9.47 Å². The first-order valence-corrected chi connectivity index (χ1v) is 5.25. The molecule has 0 spiro atoms. The molecule has 1 unspecified atom stereocenters. The average Bonchev–Trinajstić information content (AvgIpc) is 2.33. The quantitative estimate of drug-likeness (QED) is 0.481. The molecular weight excluding hydrogens is 243 g/mol. The fourth-order valence-electron chi connectivity index (χ4n) is 1.55. The van der Waals surface area contributed by atoms with Gasteiger partial charge in [-0.2, -0.15) is 0 Å². The first-order valence-electron chi connectivity index (χ1n) is 5.25. The first-order chi connectivity index (χ1) is 8.49. The summed E-state index contributed by atoms with van der Waals surface area (Å²) in [5.74, 6) is -0.693. The minimum Gasteiger partial charge on any atom is -0.375 e. The molecule has 6 nitrogen and oxygen atoms in total. The zero-order valence-corrected chi connectivity index (χ0v) is 10.3. The molecule has 100 valence electrons. The van der Waals surface area contributed by atoms with Crippen LogP contribution in [0.2, 0.25) is 0 Å². The van der Waals surface area contributed by atoms with E-state index in [0.29, 0.717) is 0 Å². The molecule has 0 aliphatic heterocycles. The highest BCUT2D eigenvalue weighted by atomic mass is 19.1. The number of non-ortho nitro benzene ring substituents is 1. The van der Waals surface area contributed by atoms with E-state index in [1.165, 1.54) is 26.4 Å². The molecule has 0 heterocycles. The molecule has 0 saturated carbocycles. The Hall–Kier alpha value is -1.73. The molecule has 18 heavy (non-hydrogen) atoms. The van der Waals surface area contributed by atoms with Crippen LogP contribution in [0.5, 0.6) is 0 Å². The summed E-state index contributed by atoms with van der Waals surface area (Å²) in [4.78, 5) is 9.82.